The average Bonchev–Trinajstić information content (AvgIpc) is 3.01. The van der Waals surface area contributed by atoms with Gasteiger partial charge >= 0.3 is 0 Å². The lowest BCUT2D eigenvalue weighted by molar-refractivity contribution is 0.340. The largest absolute Gasteiger partial charge is 0.494 e. The van der Waals surface area contributed by atoms with Crippen LogP contribution in [0.15, 0.2) is 66.7 Å². The molecule has 3 aromatic carbocycles. The zero-order chi connectivity index (χ0) is 18.8. The number of aryl methyl sites for hydroxylation is 2. The molecule has 1 aromatic heterocycles. The van der Waals surface area contributed by atoms with Crippen molar-refractivity contribution in [3.63, 3.8) is 0 Å². The van der Waals surface area contributed by atoms with Gasteiger partial charge in [0, 0.05) is 9.58 Å². The molecular weight excluding hydrogens is 348 g/mol. The highest BCUT2D eigenvalue weighted by molar-refractivity contribution is 7.22. The van der Waals surface area contributed by atoms with Crippen LogP contribution in [-0.4, -0.2) is 6.61 Å². The summed E-state index contributed by atoms with van der Waals surface area (Å²) in [4.78, 5) is 1.38. The number of hydrogen-bond acceptors (Lipinski definition) is 2. The summed E-state index contributed by atoms with van der Waals surface area (Å²) >= 11 is 1.90. The lowest BCUT2D eigenvalue weighted by atomic mass is 9.98. The van der Waals surface area contributed by atoms with Crippen molar-refractivity contribution in [2.75, 3.05) is 6.61 Å². The van der Waals surface area contributed by atoms with Crippen LogP contribution < -0.4 is 4.74 Å². The first-order chi connectivity index (χ1) is 13.1. The summed E-state index contributed by atoms with van der Waals surface area (Å²) in [5.41, 5.74) is 6.64. The molecule has 0 saturated heterocycles. The van der Waals surface area contributed by atoms with E-state index < -0.39 is 0 Å². The molecule has 0 bridgehead atoms. The molecule has 0 aliphatic carbocycles. The van der Waals surface area contributed by atoms with Crippen molar-refractivity contribution < 1.29 is 4.74 Å². The van der Waals surface area contributed by atoms with Gasteiger partial charge in [0.2, 0.25) is 0 Å². The maximum absolute atomic E-state index is 5.59. The van der Waals surface area contributed by atoms with Gasteiger partial charge in [0.25, 0.3) is 0 Å². The lowest BCUT2D eigenvalue weighted by Crippen LogP contribution is -1.93. The van der Waals surface area contributed by atoms with Gasteiger partial charge in [-0.3, -0.25) is 0 Å². The van der Waals surface area contributed by atoms with E-state index in [9.17, 15) is 0 Å². The molecule has 136 valence electrons. The van der Waals surface area contributed by atoms with Crippen molar-refractivity contribution in [3.8, 4) is 16.2 Å². The molecule has 0 unspecified atom stereocenters. The first kappa shape index (κ1) is 17.8. The molecule has 0 N–H and O–H groups in total. The van der Waals surface area contributed by atoms with Crippen LogP contribution in [0.3, 0.4) is 0 Å². The van der Waals surface area contributed by atoms with E-state index in [1.165, 1.54) is 42.8 Å². The van der Waals surface area contributed by atoms with Gasteiger partial charge in [0.15, 0.2) is 0 Å². The maximum Gasteiger partial charge on any atom is 0.119 e. The topological polar surface area (TPSA) is 9.23 Å². The summed E-state index contributed by atoms with van der Waals surface area (Å²) in [6.07, 6.45) is 0.929. The molecule has 0 amide bonds. The number of ether oxygens (including phenoxy) is 1. The summed E-state index contributed by atoms with van der Waals surface area (Å²) in [6, 6.07) is 24.2. The Hall–Kier alpha value is -2.58. The van der Waals surface area contributed by atoms with E-state index in [1.54, 1.807) is 0 Å². The van der Waals surface area contributed by atoms with Crippen molar-refractivity contribution in [1.82, 2.24) is 0 Å². The van der Waals surface area contributed by atoms with Crippen molar-refractivity contribution in [1.29, 1.82) is 0 Å². The molecule has 1 heterocycles. The molecule has 27 heavy (non-hydrogen) atoms. The quantitative estimate of drug-likeness (QED) is 0.361. The Morgan fingerprint density at radius 1 is 0.815 bits per heavy atom. The minimum Gasteiger partial charge on any atom is -0.494 e. The standard InChI is InChI=1S/C25H24OS/c1-4-26-21-12-8-19(9-13-21)16-23-22-14-7-18(3)15-24(22)27-25(23)20-10-5-17(2)6-11-20/h5-15H,4,16H2,1-3H3. The monoisotopic (exact) mass is 372 g/mol. The highest BCUT2D eigenvalue weighted by atomic mass is 32.1. The van der Waals surface area contributed by atoms with Gasteiger partial charge in [0.05, 0.1) is 6.61 Å². The number of benzene rings is 3. The summed E-state index contributed by atoms with van der Waals surface area (Å²) in [7, 11) is 0. The van der Waals surface area contributed by atoms with Gasteiger partial charge in [-0.05, 0) is 73.0 Å². The minimum atomic E-state index is 0.700. The van der Waals surface area contributed by atoms with Crippen LogP contribution in [0.4, 0.5) is 0 Å². The molecule has 4 aromatic rings. The molecule has 0 fully saturated rings. The fourth-order valence-electron chi connectivity index (χ4n) is 3.45. The lowest BCUT2D eigenvalue weighted by Gasteiger charge is -2.08. The Bertz CT molecular complexity index is 1060. The van der Waals surface area contributed by atoms with Gasteiger partial charge < -0.3 is 4.74 Å². The Kier molecular flexibility index (Phi) is 5.00. The molecule has 0 radical (unpaired) electrons. The van der Waals surface area contributed by atoms with Crippen LogP contribution in [-0.2, 0) is 6.42 Å². The van der Waals surface area contributed by atoms with E-state index in [1.807, 2.05) is 18.3 Å². The molecule has 4 rings (SSSR count). The van der Waals surface area contributed by atoms with E-state index >= 15 is 0 Å². The van der Waals surface area contributed by atoms with Crippen molar-refractivity contribution in [3.05, 3.63) is 89.0 Å². The zero-order valence-corrected chi connectivity index (χ0v) is 16.9. The van der Waals surface area contributed by atoms with Crippen LogP contribution in [0.5, 0.6) is 5.75 Å². The van der Waals surface area contributed by atoms with Gasteiger partial charge in [-0.2, -0.15) is 0 Å². The van der Waals surface area contributed by atoms with Crippen LogP contribution in [0, 0.1) is 13.8 Å². The first-order valence-corrected chi connectivity index (χ1v) is 10.3. The molecule has 2 heteroatoms. The van der Waals surface area contributed by atoms with E-state index in [0.29, 0.717) is 6.61 Å². The summed E-state index contributed by atoms with van der Waals surface area (Å²) in [5.74, 6) is 0.936. The Balaban J connectivity index is 1.79. The molecule has 0 atom stereocenters. The Labute approximate surface area is 165 Å². The van der Waals surface area contributed by atoms with E-state index in [4.69, 9.17) is 4.74 Å². The average molecular weight is 373 g/mol. The Morgan fingerprint density at radius 3 is 2.22 bits per heavy atom. The zero-order valence-electron chi connectivity index (χ0n) is 16.1. The second-order valence-corrected chi connectivity index (χ2v) is 8.08. The van der Waals surface area contributed by atoms with Crippen molar-refractivity contribution >= 4 is 21.4 Å². The molecule has 1 nitrogen and oxygen atoms in total. The third-order valence-electron chi connectivity index (χ3n) is 4.88. The fourth-order valence-corrected chi connectivity index (χ4v) is 4.77. The highest BCUT2D eigenvalue weighted by Crippen LogP contribution is 2.40. The molecule has 0 aliphatic rings. The van der Waals surface area contributed by atoms with Crippen molar-refractivity contribution in [2.45, 2.75) is 27.2 Å². The molecule has 0 saturated carbocycles. The fraction of sp³-hybridized carbons (Fsp3) is 0.200. The number of fused-ring (bicyclic) bond motifs is 1. The third kappa shape index (κ3) is 3.77. The van der Waals surface area contributed by atoms with Gasteiger partial charge in [-0.15, -0.1) is 11.3 Å². The third-order valence-corrected chi connectivity index (χ3v) is 6.12. The predicted molar refractivity (Wildman–Crippen MR) is 117 cm³/mol. The van der Waals surface area contributed by atoms with Gasteiger partial charge in [-0.25, -0.2) is 0 Å². The minimum absolute atomic E-state index is 0.700. The summed E-state index contributed by atoms with van der Waals surface area (Å²) < 4.78 is 6.95. The SMILES string of the molecule is CCOc1ccc(Cc2c(-c3ccc(C)cc3)sc3cc(C)ccc23)cc1. The second kappa shape index (κ2) is 7.58. The number of hydrogen-bond donors (Lipinski definition) is 0. The first-order valence-electron chi connectivity index (χ1n) is 9.45. The Morgan fingerprint density at radius 2 is 1.52 bits per heavy atom. The summed E-state index contributed by atoms with van der Waals surface area (Å²) in [5, 5.41) is 1.37. The predicted octanol–water partition coefficient (Wildman–Crippen LogP) is 7.17. The normalized spacial score (nSPS) is 11.1. The van der Waals surface area contributed by atoms with Gasteiger partial charge in [0.1, 0.15) is 5.75 Å². The van der Waals surface area contributed by atoms with Crippen LogP contribution in [0.25, 0.3) is 20.5 Å². The van der Waals surface area contributed by atoms with Crippen LogP contribution in [0.2, 0.25) is 0 Å². The van der Waals surface area contributed by atoms with Crippen LogP contribution in [0.1, 0.15) is 29.2 Å². The number of thiophene rings is 1. The molecular formula is C25H24OS. The van der Waals surface area contributed by atoms with Crippen molar-refractivity contribution in [2.24, 2.45) is 0 Å². The molecule has 0 spiro atoms. The summed E-state index contributed by atoms with van der Waals surface area (Å²) in [6.45, 7) is 7.02. The number of rotatable bonds is 5. The van der Waals surface area contributed by atoms with E-state index in [0.717, 1.165) is 12.2 Å². The molecule has 0 aliphatic heterocycles. The maximum atomic E-state index is 5.59. The van der Waals surface area contributed by atoms with E-state index in [2.05, 4.69) is 80.6 Å². The second-order valence-electron chi connectivity index (χ2n) is 7.03. The van der Waals surface area contributed by atoms with E-state index in [-0.39, 0.29) is 0 Å². The smallest absolute Gasteiger partial charge is 0.119 e. The van der Waals surface area contributed by atoms with Crippen LogP contribution >= 0.6 is 11.3 Å². The highest BCUT2D eigenvalue weighted by Gasteiger charge is 2.14. The van der Waals surface area contributed by atoms with Gasteiger partial charge in [-0.1, -0.05) is 54.1 Å².